The summed E-state index contributed by atoms with van der Waals surface area (Å²) in [6, 6.07) is 19.3. The summed E-state index contributed by atoms with van der Waals surface area (Å²) in [4.78, 5) is 21.0. The molecule has 0 saturated carbocycles. The van der Waals surface area contributed by atoms with Crippen molar-refractivity contribution in [1.82, 2.24) is 0 Å². The normalized spacial score (nSPS) is 12.4. The lowest BCUT2D eigenvalue weighted by atomic mass is 10.0. The van der Waals surface area contributed by atoms with Gasteiger partial charge in [0.25, 0.3) is 0 Å². The van der Waals surface area contributed by atoms with Crippen LogP contribution in [-0.2, 0) is 22.4 Å². The molecule has 0 aliphatic rings. The smallest absolute Gasteiger partial charge is 0.306 e. The summed E-state index contributed by atoms with van der Waals surface area (Å²) in [5, 5.41) is 17.3. The van der Waals surface area contributed by atoms with Gasteiger partial charge in [0.05, 0.1) is 11.8 Å². The van der Waals surface area contributed by atoms with E-state index in [2.05, 4.69) is 0 Å². The molecule has 0 heterocycles. The van der Waals surface area contributed by atoms with E-state index < -0.39 is 11.9 Å². The van der Waals surface area contributed by atoms with Gasteiger partial charge in [-0.05, 0) is 24.0 Å². The molecule has 2 rings (SSSR count). The molecule has 0 saturated heterocycles. The van der Waals surface area contributed by atoms with Gasteiger partial charge in [0, 0.05) is 0 Å². The van der Waals surface area contributed by atoms with Crippen LogP contribution in [0, 0.1) is 11.8 Å². The minimum atomic E-state index is -0.737. The first-order valence-electron chi connectivity index (χ1n) is 7.93. The van der Waals surface area contributed by atoms with E-state index in [1.54, 1.807) is 13.8 Å². The number of benzene rings is 2. The van der Waals surface area contributed by atoms with E-state index in [4.69, 9.17) is 10.2 Å². The van der Waals surface area contributed by atoms with Gasteiger partial charge in [0.15, 0.2) is 0 Å². The predicted octanol–water partition coefficient (Wildman–Crippen LogP) is 3.90. The average Bonchev–Trinajstić information content (AvgIpc) is 2.57. The minimum absolute atomic E-state index is 0.299. The maximum absolute atomic E-state index is 10.5. The summed E-state index contributed by atoms with van der Waals surface area (Å²) >= 11 is 0. The molecule has 2 atom stereocenters. The van der Waals surface area contributed by atoms with Gasteiger partial charge in [-0.1, -0.05) is 74.5 Å². The molecule has 2 aromatic carbocycles. The third-order valence-electron chi connectivity index (χ3n) is 3.61. The molecule has 0 aliphatic carbocycles. The Labute approximate surface area is 142 Å². The maximum Gasteiger partial charge on any atom is 0.306 e. The van der Waals surface area contributed by atoms with Crippen LogP contribution in [0.3, 0.4) is 0 Å². The molecule has 128 valence electrons. The largest absolute Gasteiger partial charge is 0.481 e. The summed E-state index contributed by atoms with van der Waals surface area (Å²) in [7, 11) is 0. The summed E-state index contributed by atoms with van der Waals surface area (Å²) in [6.45, 7) is 3.44. The molecule has 0 amide bonds. The van der Waals surface area contributed by atoms with Crippen LogP contribution >= 0.6 is 0 Å². The lowest BCUT2D eigenvalue weighted by Gasteiger charge is -2.04. The Morgan fingerprint density at radius 2 is 1.00 bits per heavy atom. The van der Waals surface area contributed by atoms with Crippen molar-refractivity contribution >= 4 is 11.9 Å². The first kappa shape index (κ1) is 19.4. The van der Waals surface area contributed by atoms with Crippen LogP contribution in [0.4, 0.5) is 0 Å². The molecule has 4 heteroatoms. The summed E-state index contributed by atoms with van der Waals surface area (Å²) in [6.07, 6.45) is 1.21. The van der Waals surface area contributed by atoms with E-state index in [0.717, 1.165) is 11.1 Å². The fourth-order valence-corrected chi connectivity index (χ4v) is 2.11. The topological polar surface area (TPSA) is 74.6 Å². The van der Waals surface area contributed by atoms with Gasteiger partial charge in [-0.3, -0.25) is 9.59 Å². The summed E-state index contributed by atoms with van der Waals surface area (Å²) in [5.74, 6) is -2.07. The van der Waals surface area contributed by atoms with Crippen molar-refractivity contribution in [3.8, 4) is 0 Å². The van der Waals surface area contributed by atoms with Crippen molar-refractivity contribution in [3.63, 3.8) is 0 Å². The highest BCUT2D eigenvalue weighted by molar-refractivity contribution is 5.70. The molecule has 24 heavy (non-hydrogen) atoms. The Bertz CT molecular complexity index is 565. The molecule has 0 aromatic heterocycles. The zero-order valence-electron chi connectivity index (χ0n) is 14.1. The van der Waals surface area contributed by atoms with Crippen molar-refractivity contribution in [1.29, 1.82) is 0 Å². The summed E-state index contributed by atoms with van der Waals surface area (Å²) in [5.41, 5.74) is 2.15. The van der Waals surface area contributed by atoms with Gasteiger partial charge in [0.1, 0.15) is 0 Å². The SMILES string of the molecule is CC(Cc1ccccc1)C(=O)O.CC(Cc1ccccc1)C(=O)O. The third kappa shape index (κ3) is 7.58. The van der Waals surface area contributed by atoms with Crippen LogP contribution in [0.15, 0.2) is 60.7 Å². The van der Waals surface area contributed by atoms with E-state index >= 15 is 0 Å². The third-order valence-corrected chi connectivity index (χ3v) is 3.61. The second-order valence-corrected chi connectivity index (χ2v) is 5.86. The molecular formula is C20H24O4. The average molecular weight is 328 g/mol. The van der Waals surface area contributed by atoms with Crippen molar-refractivity contribution in [2.45, 2.75) is 26.7 Å². The fraction of sp³-hybridized carbons (Fsp3) is 0.300. The molecule has 0 spiro atoms. The van der Waals surface area contributed by atoms with Crippen LogP contribution in [0.2, 0.25) is 0 Å². The number of hydrogen-bond donors (Lipinski definition) is 2. The van der Waals surface area contributed by atoms with Gasteiger partial charge in [-0.15, -0.1) is 0 Å². The lowest BCUT2D eigenvalue weighted by Crippen LogP contribution is -2.11. The number of carboxylic acid groups (broad SMARTS) is 2. The van der Waals surface area contributed by atoms with E-state index in [0.29, 0.717) is 12.8 Å². The number of aliphatic carboxylic acids is 2. The lowest BCUT2D eigenvalue weighted by molar-refractivity contribution is -0.142. The Balaban J connectivity index is 0.000000240. The predicted molar refractivity (Wildman–Crippen MR) is 93.9 cm³/mol. The van der Waals surface area contributed by atoms with Crippen LogP contribution < -0.4 is 0 Å². The molecule has 0 bridgehead atoms. The van der Waals surface area contributed by atoms with Crippen LogP contribution in [0.5, 0.6) is 0 Å². The van der Waals surface area contributed by atoms with Crippen molar-refractivity contribution in [2.24, 2.45) is 11.8 Å². The zero-order valence-corrected chi connectivity index (χ0v) is 14.1. The van der Waals surface area contributed by atoms with Crippen LogP contribution in [-0.4, -0.2) is 22.2 Å². The first-order chi connectivity index (χ1) is 11.4. The Morgan fingerprint density at radius 1 is 0.708 bits per heavy atom. The maximum atomic E-state index is 10.5. The standard InChI is InChI=1S/2C10H12O2/c2*1-8(10(11)12)7-9-5-3-2-4-6-9/h2*2-6,8H,7H2,1H3,(H,11,12). The van der Waals surface area contributed by atoms with E-state index in [1.807, 2.05) is 60.7 Å². The minimum Gasteiger partial charge on any atom is -0.481 e. The zero-order chi connectivity index (χ0) is 17.9. The van der Waals surface area contributed by atoms with Gasteiger partial charge < -0.3 is 10.2 Å². The van der Waals surface area contributed by atoms with E-state index in [9.17, 15) is 9.59 Å². The molecule has 0 aliphatic heterocycles. The highest BCUT2D eigenvalue weighted by atomic mass is 16.4. The number of carbonyl (C=O) groups is 2. The number of carboxylic acids is 2. The summed E-state index contributed by atoms with van der Waals surface area (Å²) < 4.78 is 0. The Morgan fingerprint density at radius 3 is 1.25 bits per heavy atom. The van der Waals surface area contributed by atoms with Crippen molar-refractivity contribution in [2.75, 3.05) is 0 Å². The van der Waals surface area contributed by atoms with Crippen molar-refractivity contribution < 1.29 is 19.8 Å². The van der Waals surface area contributed by atoms with Gasteiger partial charge in [0.2, 0.25) is 0 Å². The molecule has 2 aromatic rings. The molecular weight excluding hydrogens is 304 g/mol. The molecule has 0 fully saturated rings. The molecule has 2 unspecified atom stereocenters. The number of hydrogen-bond acceptors (Lipinski definition) is 2. The van der Waals surface area contributed by atoms with Gasteiger partial charge >= 0.3 is 11.9 Å². The molecule has 0 radical (unpaired) electrons. The van der Waals surface area contributed by atoms with E-state index in [-0.39, 0.29) is 11.8 Å². The fourth-order valence-electron chi connectivity index (χ4n) is 2.11. The van der Waals surface area contributed by atoms with Gasteiger partial charge in [-0.2, -0.15) is 0 Å². The van der Waals surface area contributed by atoms with Crippen LogP contribution in [0.25, 0.3) is 0 Å². The second-order valence-electron chi connectivity index (χ2n) is 5.86. The quantitative estimate of drug-likeness (QED) is 0.843. The monoisotopic (exact) mass is 328 g/mol. The molecule has 4 nitrogen and oxygen atoms in total. The Kier molecular flexibility index (Phi) is 8.26. The second kappa shape index (κ2) is 10.2. The first-order valence-corrected chi connectivity index (χ1v) is 7.93. The Hall–Kier alpha value is -2.62. The van der Waals surface area contributed by atoms with Gasteiger partial charge in [-0.25, -0.2) is 0 Å². The van der Waals surface area contributed by atoms with E-state index in [1.165, 1.54) is 0 Å². The molecule has 2 N–H and O–H groups in total. The van der Waals surface area contributed by atoms with Crippen molar-refractivity contribution in [3.05, 3.63) is 71.8 Å². The highest BCUT2D eigenvalue weighted by Gasteiger charge is 2.11. The number of rotatable bonds is 6. The highest BCUT2D eigenvalue weighted by Crippen LogP contribution is 2.08. The van der Waals surface area contributed by atoms with Crippen LogP contribution in [0.1, 0.15) is 25.0 Å².